The molecule has 0 amide bonds. The van der Waals surface area contributed by atoms with Crippen LogP contribution in [-0.4, -0.2) is 5.75 Å². The van der Waals surface area contributed by atoms with Crippen LogP contribution in [-0.2, 0) is 5.88 Å². The maximum absolute atomic E-state index is 5.76. The van der Waals surface area contributed by atoms with Gasteiger partial charge in [0.1, 0.15) is 0 Å². The molecule has 0 aliphatic rings. The molecule has 0 unspecified atom stereocenters. The summed E-state index contributed by atoms with van der Waals surface area (Å²) < 4.78 is 0. The standard InChI is InChI=1S/C11H11ClS/c12-9-11-7-2-1-5-10(11)6-3-4-8-13/h1-2,5,7,13H,4,8-9H2. The smallest absolute Gasteiger partial charge is 0.0486 e. The summed E-state index contributed by atoms with van der Waals surface area (Å²) in [6, 6.07) is 7.93. The Morgan fingerprint density at radius 1 is 1.31 bits per heavy atom. The summed E-state index contributed by atoms with van der Waals surface area (Å²) >= 11 is 9.85. The molecule has 0 saturated heterocycles. The van der Waals surface area contributed by atoms with E-state index in [4.69, 9.17) is 11.6 Å². The van der Waals surface area contributed by atoms with Crippen LogP contribution < -0.4 is 0 Å². The van der Waals surface area contributed by atoms with Crippen molar-refractivity contribution < 1.29 is 0 Å². The third-order valence-corrected chi connectivity index (χ3v) is 2.13. The molecule has 0 bridgehead atoms. The van der Waals surface area contributed by atoms with Gasteiger partial charge in [0.2, 0.25) is 0 Å². The number of hydrogen-bond donors (Lipinski definition) is 1. The molecule has 68 valence electrons. The molecule has 2 heteroatoms. The van der Waals surface area contributed by atoms with Crippen LogP contribution in [0.5, 0.6) is 0 Å². The van der Waals surface area contributed by atoms with Crippen molar-refractivity contribution in [2.75, 3.05) is 5.75 Å². The van der Waals surface area contributed by atoms with Gasteiger partial charge in [-0.25, -0.2) is 0 Å². The topological polar surface area (TPSA) is 0 Å². The molecular formula is C11H11ClS. The normalized spacial score (nSPS) is 9.08. The molecule has 0 saturated carbocycles. The second-order valence-electron chi connectivity index (χ2n) is 2.57. The number of rotatable bonds is 2. The average Bonchev–Trinajstić information content (AvgIpc) is 2.19. The van der Waals surface area contributed by atoms with Crippen LogP contribution in [0.15, 0.2) is 24.3 Å². The summed E-state index contributed by atoms with van der Waals surface area (Å²) in [7, 11) is 0. The van der Waals surface area contributed by atoms with Gasteiger partial charge in [-0.1, -0.05) is 30.0 Å². The maximum Gasteiger partial charge on any atom is 0.0486 e. The van der Waals surface area contributed by atoms with E-state index in [1.165, 1.54) is 0 Å². The molecule has 0 fully saturated rings. The van der Waals surface area contributed by atoms with Crippen molar-refractivity contribution >= 4 is 24.2 Å². The first-order valence-electron chi connectivity index (χ1n) is 4.12. The van der Waals surface area contributed by atoms with Crippen LogP contribution in [0, 0.1) is 11.8 Å². The van der Waals surface area contributed by atoms with Crippen LogP contribution in [0.3, 0.4) is 0 Å². The van der Waals surface area contributed by atoms with E-state index >= 15 is 0 Å². The van der Waals surface area contributed by atoms with E-state index in [-0.39, 0.29) is 0 Å². The Morgan fingerprint density at radius 3 is 2.77 bits per heavy atom. The molecular weight excluding hydrogens is 200 g/mol. The lowest BCUT2D eigenvalue weighted by Crippen LogP contribution is -1.84. The molecule has 1 aromatic rings. The highest BCUT2D eigenvalue weighted by Crippen LogP contribution is 2.09. The van der Waals surface area contributed by atoms with Crippen molar-refractivity contribution in [3.63, 3.8) is 0 Å². The highest BCUT2D eigenvalue weighted by atomic mass is 35.5. The van der Waals surface area contributed by atoms with Gasteiger partial charge in [0, 0.05) is 23.6 Å². The van der Waals surface area contributed by atoms with Gasteiger partial charge in [0.25, 0.3) is 0 Å². The van der Waals surface area contributed by atoms with E-state index in [1.54, 1.807) is 0 Å². The van der Waals surface area contributed by atoms with Crippen molar-refractivity contribution in [2.45, 2.75) is 12.3 Å². The molecule has 1 aromatic carbocycles. The number of benzene rings is 1. The Labute approximate surface area is 89.7 Å². The van der Waals surface area contributed by atoms with E-state index in [9.17, 15) is 0 Å². The van der Waals surface area contributed by atoms with E-state index in [1.807, 2.05) is 24.3 Å². The van der Waals surface area contributed by atoms with E-state index in [0.29, 0.717) is 5.88 Å². The Bertz CT molecular complexity index is 322. The van der Waals surface area contributed by atoms with Crippen LogP contribution >= 0.6 is 24.2 Å². The van der Waals surface area contributed by atoms with Gasteiger partial charge in [-0.2, -0.15) is 12.6 Å². The molecule has 1 rings (SSSR count). The van der Waals surface area contributed by atoms with Gasteiger partial charge in [0.05, 0.1) is 0 Å². The van der Waals surface area contributed by atoms with Crippen LogP contribution in [0.1, 0.15) is 17.5 Å². The molecule has 0 nitrogen and oxygen atoms in total. The Balaban J connectivity index is 2.82. The van der Waals surface area contributed by atoms with Crippen molar-refractivity contribution in [3.05, 3.63) is 35.4 Å². The molecule has 0 aromatic heterocycles. The van der Waals surface area contributed by atoms with E-state index in [0.717, 1.165) is 23.3 Å². The predicted octanol–water partition coefficient (Wildman–Crippen LogP) is 3.10. The average molecular weight is 211 g/mol. The van der Waals surface area contributed by atoms with E-state index in [2.05, 4.69) is 24.5 Å². The maximum atomic E-state index is 5.76. The zero-order chi connectivity index (χ0) is 9.52. The zero-order valence-electron chi connectivity index (χ0n) is 7.26. The van der Waals surface area contributed by atoms with Gasteiger partial charge in [-0.05, 0) is 11.6 Å². The summed E-state index contributed by atoms with van der Waals surface area (Å²) in [5, 5.41) is 0. The molecule has 0 heterocycles. The van der Waals surface area contributed by atoms with Gasteiger partial charge < -0.3 is 0 Å². The summed E-state index contributed by atoms with van der Waals surface area (Å²) in [5.41, 5.74) is 2.12. The Kier molecular flexibility index (Phi) is 4.82. The summed E-state index contributed by atoms with van der Waals surface area (Å²) in [4.78, 5) is 0. The number of halogens is 1. The minimum Gasteiger partial charge on any atom is -0.178 e. The SMILES string of the molecule is SCCC#Cc1ccccc1CCl. The van der Waals surface area contributed by atoms with Crippen molar-refractivity contribution in [2.24, 2.45) is 0 Å². The highest BCUT2D eigenvalue weighted by Gasteiger charge is 1.94. The van der Waals surface area contributed by atoms with Crippen LogP contribution in [0.2, 0.25) is 0 Å². The molecule has 0 aliphatic heterocycles. The molecule has 0 N–H and O–H groups in total. The Morgan fingerprint density at radius 2 is 2.08 bits per heavy atom. The quantitative estimate of drug-likeness (QED) is 0.433. The molecule has 0 radical (unpaired) electrons. The lowest BCUT2D eigenvalue weighted by molar-refractivity contribution is 1.30. The first-order valence-corrected chi connectivity index (χ1v) is 5.28. The Hall–Kier alpha value is -0.580. The number of alkyl halides is 1. The summed E-state index contributed by atoms with van der Waals surface area (Å²) in [6.45, 7) is 0. The first kappa shape index (κ1) is 10.5. The predicted molar refractivity (Wildman–Crippen MR) is 61.3 cm³/mol. The van der Waals surface area contributed by atoms with Crippen molar-refractivity contribution in [1.29, 1.82) is 0 Å². The molecule has 13 heavy (non-hydrogen) atoms. The second-order valence-corrected chi connectivity index (χ2v) is 3.28. The fourth-order valence-electron chi connectivity index (χ4n) is 0.972. The molecule has 0 spiro atoms. The third kappa shape index (κ3) is 3.34. The minimum atomic E-state index is 0.520. The van der Waals surface area contributed by atoms with Crippen LogP contribution in [0.25, 0.3) is 0 Å². The lowest BCUT2D eigenvalue weighted by atomic mass is 10.1. The fourth-order valence-corrected chi connectivity index (χ4v) is 1.32. The zero-order valence-corrected chi connectivity index (χ0v) is 8.91. The summed E-state index contributed by atoms with van der Waals surface area (Å²) in [5.74, 6) is 7.44. The van der Waals surface area contributed by atoms with Gasteiger partial charge in [0.15, 0.2) is 0 Å². The minimum absolute atomic E-state index is 0.520. The molecule has 0 aliphatic carbocycles. The van der Waals surface area contributed by atoms with Crippen molar-refractivity contribution in [1.82, 2.24) is 0 Å². The lowest BCUT2D eigenvalue weighted by Gasteiger charge is -1.97. The monoisotopic (exact) mass is 210 g/mol. The third-order valence-electron chi connectivity index (χ3n) is 1.62. The van der Waals surface area contributed by atoms with Gasteiger partial charge >= 0.3 is 0 Å². The largest absolute Gasteiger partial charge is 0.178 e. The van der Waals surface area contributed by atoms with Crippen LogP contribution in [0.4, 0.5) is 0 Å². The van der Waals surface area contributed by atoms with E-state index < -0.39 is 0 Å². The van der Waals surface area contributed by atoms with Gasteiger partial charge in [-0.3, -0.25) is 0 Å². The van der Waals surface area contributed by atoms with Gasteiger partial charge in [-0.15, -0.1) is 11.6 Å². The second kappa shape index (κ2) is 5.96. The number of hydrogen-bond acceptors (Lipinski definition) is 1. The van der Waals surface area contributed by atoms with Crippen molar-refractivity contribution in [3.8, 4) is 11.8 Å². The molecule has 0 atom stereocenters. The highest BCUT2D eigenvalue weighted by molar-refractivity contribution is 7.80. The fraction of sp³-hybridized carbons (Fsp3) is 0.273. The summed E-state index contributed by atoms with van der Waals surface area (Å²) in [6.07, 6.45) is 0.819. The number of thiol groups is 1. The first-order chi connectivity index (χ1) is 6.38.